The molecule has 4 rings (SSSR count). The number of hydrogen-bond acceptors (Lipinski definition) is 3. The van der Waals surface area contributed by atoms with E-state index in [0.717, 1.165) is 11.1 Å². The zero-order valence-electron chi connectivity index (χ0n) is 15.9. The molecule has 0 bridgehead atoms. The molecular weight excluding hydrogens is 352 g/mol. The third kappa shape index (κ3) is 3.13. The Kier molecular flexibility index (Phi) is 4.59. The largest absolute Gasteiger partial charge is 0.322 e. The van der Waals surface area contributed by atoms with Crippen LogP contribution in [0.25, 0.3) is 0 Å². The molecule has 0 radical (unpaired) electrons. The number of allylic oxidation sites excluding steroid dienone is 2. The van der Waals surface area contributed by atoms with Crippen molar-refractivity contribution in [2.75, 3.05) is 10.2 Å². The molecule has 142 valence electrons. The van der Waals surface area contributed by atoms with E-state index in [9.17, 15) is 14.4 Å². The summed E-state index contributed by atoms with van der Waals surface area (Å²) in [5.74, 6) is -1.42. The van der Waals surface area contributed by atoms with Crippen molar-refractivity contribution in [3.8, 4) is 0 Å². The minimum atomic E-state index is -0.342. The highest BCUT2D eigenvalue weighted by Gasteiger charge is 2.49. The minimum absolute atomic E-state index is 0.210. The maximum absolute atomic E-state index is 13.0. The first-order valence-electron chi connectivity index (χ1n) is 9.46. The summed E-state index contributed by atoms with van der Waals surface area (Å²) in [4.78, 5) is 40.1. The highest BCUT2D eigenvalue weighted by molar-refractivity contribution is 6.25. The van der Waals surface area contributed by atoms with Crippen molar-refractivity contribution in [2.24, 2.45) is 11.8 Å². The lowest BCUT2D eigenvalue weighted by Gasteiger charge is -2.19. The number of benzene rings is 2. The smallest absolute Gasteiger partial charge is 0.257 e. The van der Waals surface area contributed by atoms with Crippen LogP contribution in [0.3, 0.4) is 0 Å². The fourth-order valence-electron chi connectivity index (χ4n) is 4.06. The molecule has 1 aliphatic carbocycles. The Morgan fingerprint density at radius 3 is 2.54 bits per heavy atom. The van der Waals surface area contributed by atoms with Crippen LogP contribution >= 0.6 is 0 Å². The maximum Gasteiger partial charge on any atom is 0.257 e. The van der Waals surface area contributed by atoms with Gasteiger partial charge in [0.05, 0.1) is 23.1 Å². The molecule has 2 aromatic carbocycles. The van der Waals surface area contributed by atoms with Crippen LogP contribution in [0.4, 0.5) is 11.4 Å². The van der Waals surface area contributed by atoms with Crippen LogP contribution in [-0.2, 0) is 9.59 Å². The molecule has 5 heteroatoms. The van der Waals surface area contributed by atoms with Crippen molar-refractivity contribution >= 4 is 29.1 Å². The van der Waals surface area contributed by atoms with E-state index in [1.807, 2.05) is 44.2 Å². The molecule has 2 atom stereocenters. The van der Waals surface area contributed by atoms with Crippen LogP contribution in [0.1, 0.15) is 35.7 Å². The second kappa shape index (κ2) is 7.08. The average Bonchev–Trinajstić information content (AvgIpc) is 2.91. The zero-order chi connectivity index (χ0) is 19.8. The maximum atomic E-state index is 13.0. The number of carbonyl (C=O) groups is 3. The molecule has 0 saturated carbocycles. The Balaban J connectivity index is 1.66. The number of fused-ring (bicyclic) bond motifs is 1. The fraction of sp³-hybridized carbons (Fsp3) is 0.261. The summed E-state index contributed by atoms with van der Waals surface area (Å²) in [6.07, 6.45) is 3.21. The summed E-state index contributed by atoms with van der Waals surface area (Å²) in [5.41, 5.74) is 3.51. The number of anilines is 2. The Labute approximate surface area is 164 Å². The van der Waals surface area contributed by atoms with Crippen molar-refractivity contribution in [1.29, 1.82) is 0 Å². The molecule has 1 N–H and O–H groups in total. The molecule has 0 unspecified atom stereocenters. The van der Waals surface area contributed by atoms with Gasteiger partial charge in [-0.25, -0.2) is 4.90 Å². The highest BCUT2D eigenvalue weighted by atomic mass is 16.2. The quantitative estimate of drug-likeness (QED) is 0.650. The van der Waals surface area contributed by atoms with E-state index in [1.165, 1.54) is 4.90 Å². The van der Waals surface area contributed by atoms with E-state index >= 15 is 0 Å². The molecular formula is C23H22N2O3. The number of para-hydroxylation sites is 1. The van der Waals surface area contributed by atoms with Crippen LogP contribution in [0.5, 0.6) is 0 Å². The SMILES string of the molecule is CC1=CC[C@H]2C(=O)N(c3ccccc3C(=O)Nc3cccc(C)c3)C(=O)[C@H]2C1. The molecule has 2 aliphatic rings. The Bertz CT molecular complexity index is 1010. The Morgan fingerprint density at radius 2 is 1.75 bits per heavy atom. The van der Waals surface area contributed by atoms with Gasteiger partial charge in [-0.15, -0.1) is 0 Å². The summed E-state index contributed by atoms with van der Waals surface area (Å²) >= 11 is 0. The van der Waals surface area contributed by atoms with E-state index in [0.29, 0.717) is 29.8 Å². The normalized spacial score (nSPS) is 21.4. The van der Waals surface area contributed by atoms with Crippen LogP contribution in [-0.4, -0.2) is 17.7 Å². The second-order valence-corrected chi connectivity index (χ2v) is 7.56. The molecule has 1 fully saturated rings. The summed E-state index contributed by atoms with van der Waals surface area (Å²) < 4.78 is 0. The van der Waals surface area contributed by atoms with E-state index in [2.05, 4.69) is 5.32 Å². The monoisotopic (exact) mass is 374 g/mol. The Morgan fingerprint density at radius 1 is 1.00 bits per heavy atom. The van der Waals surface area contributed by atoms with Gasteiger partial charge >= 0.3 is 0 Å². The van der Waals surface area contributed by atoms with Gasteiger partial charge in [0.25, 0.3) is 5.91 Å². The molecule has 0 aromatic heterocycles. The lowest BCUT2D eigenvalue weighted by Crippen LogP contribution is -2.33. The van der Waals surface area contributed by atoms with Gasteiger partial charge in [0.15, 0.2) is 0 Å². The van der Waals surface area contributed by atoms with Crippen LogP contribution < -0.4 is 10.2 Å². The number of imide groups is 1. The van der Waals surface area contributed by atoms with Gasteiger partial charge in [0.2, 0.25) is 11.8 Å². The van der Waals surface area contributed by atoms with E-state index in [4.69, 9.17) is 0 Å². The minimum Gasteiger partial charge on any atom is -0.322 e. The predicted octanol–water partition coefficient (Wildman–Crippen LogP) is 4.09. The molecule has 0 spiro atoms. The van der Waals surface area contributed by atoms with Gasteiger partial charge in [-0.05, 0) is 56.5 Å². The number of aryl methyl sites for hydroxylation is 1. The topological polar surface area (TPSA) is 66.5 Å². The van der Waals surface area contributed by atoms with Gasteiger partial charge < -0.3 is 5.32 Å². The fourth-order valence-corrected chi connectivity index (χ4v) is 4.06. The standard InChI is InChI=1S/C23H22N2O3/c1-14-6-5-7-16(12-14)24-21(26)18-8-3-4-9-20(18)25-22(27)17-11-10-15(2)13-19(17)23(25)28/h3-10,12,17,19H,11,13H2,1-2H3,(H,24,26)/t17-,19+/m1/s1. The summed E-state index contributed by atoms with van der Waals surface area (Å²) in [6.45, 7) is 3.93. The number of rotatable bonds is 3. The number of carbonyl (C=O) groups excluding carboxylic acids is 3. The van der Waals surface area contributed by atoms with Crippen molar-refractivity contribution in [3.63, 3.8) is 0 Å². The molecule has 5 nitrogen and oxygen atoms in total. The van der Waals surface area contributed by atoms with Crippen LogP contribution in [0.15, 0.2) is 60.2 Å². The predicted molar refractivity (Wildman–Crippen MR) is 108 cm³/mol. The van der Waals surface area contributed by atoms with Gasteiger partial charge in [-0.3, -0.25) is 14.4 Å². The highest BCUT2D eigenvalue weighted by Crippen LogP contribution is 2.40. The van der Waals surface area contributed by atoms with Crippen molar-refractivity contribution in [1.82, 2.24) is 0 Å². The van der Waals surface area contributed by atoms with Crippen molar-refractivity contribution in [3.05, 3.63) is 71.3 Å². The molecule has 1 heterocycles. The molecule has 28 heavy (non-hydrogen) atoms. The molecule has 3 amide bonds. The lowest BCUT2D eigenvalue weighted by atomic mass is 9.82. The van der Waals surface area contributed by atoms with E-state index in [-0.39, 0.29) is 29.6 Å². The number of amides is 3. The van der Waals surface area contributed by atoms with E-state index < -0.39 is 0 Å². The van der Waals surface area contributed by atoms with Gasteiger partial charge in [-0.2, -0.15) is 0 Å². The second-order valence-electron chi connectivity index (χ2n) is 7.56. The van der Waals surface area contributed by atoms with E-state index in [1.54, 1.807) is 24.3 Å². The van der Waals surface area contributed by atoms with Crippen molar-refractivity contribution < 1.29 is 14.4 Å². The van der Waals surface area contributed by atoms with Gasteiger partial charge in [-0.1, -0.05) is 35.9 Å². The summed E-state index contributed by atoms with van der Waals surface area (Å²) in [6, 6.07) is 14.3. The van der Waals surface area contributed by atoms with Gasteiger partial charge in [0.1, 0.15) is 0 Å². The molecule has 1 aliphatic heterocycles. The first-order valence-corrected chi connectivity index (χ1v) is 9.46. The average molecular weight is 374 g/mol. The first kappa shape index (κ1) is 18.2. The molecule has 2 aromatic rings. The summed E-state index contributed by atoms with van der Waals surface area (Å²) in [7, 11) is 0. The van der Waals surface area contributed by atoms with Crippen molar-refractivity contribution in [2.45, 2.75) is 26.7 Å². The third-order valence-electron chi connectivity index (χ3n) is 5.49. The number of nitrogens with one attached hydrogen (secondary N) is 1. The zero-order valence-corrected chi connectivity index (χ0v) is 15.9. The number of hydrogen-bond donors (Lipinski definition) is 1. The summed E-state index contributed by atoms with van der Waals surface area (Å²) in [5, 5.41) is 2.86. The first-order chi connectivity index (χ1) is 13.5. The lowest BCUT2D eigenvalue weighted by molar-refractivity contribution is -0.122. The molecule has 1 saturated heterocycles. The Hall–Kier alpha value is -3.21. The number of nitrogens with zero attached hydrogens (tertiary/aromatic N) is 1. The van der Waals surface area contributed by atoms with Crippen LogP contribution in [0.2, 0.25) is 0 Å². The van der Waals surface area contributed by atoms with Crippen LogP contribution in [0, 0.1) is 18.8 Å². The van der Waals surface area contributed by atoms with Gasteiger partial charge in [0, 0.05) is 5.69 Å². The third-order valence-corrected chi connectivity index (χ3v) is 5.49.